The van der Waals surface area contributed by atoms with Gasteiger partial charge in [-0.1, -0.05) is 18.5 Å². The third kappa shape index (κ3) is 2.36. The fourth-order valence-corrected chi connectivity index (χ4v) is 1.64. The number of rotatable bonds is 4. The van der Waals surface area contributed by atoms with E-state index >= 15 is 0 Å². The van der Waals surface area contributed by atoms with Crippen LogP contribution in [0.25, 0.3) is 0 Å². The number of aromatic nitrogens is 1. The second-order valence-electron chi connectivity index (χ2n) is 3.01. The van der Waals surface area contributed by atoms with Gasteiger partial charge in [0.05, 0.1) is 7.11 Å². The summed E-state index contributed by atoms with van der Waals surface area (Å²) >= 11 is 5.97. The summed E-state index contributed by atoms with van der Waals surface area (Å²) in [5.41, 5.74) is 1.08. The molecule has 0 spiro atoms. The van der Waals surface area contributed by atoms with Crippen LogP contribution in [0.4, 0.5) is 0 Å². The van der Waals surface area contributed by atoms with Crippen molar-refractivity contribution in [2.24, 2.45) is 0 Å². The van der Waals surface area contributed by atoms with Gasteiger partial charge in [-0.2, -0.15) is 0 Å². The fraction of sp³-hybridized carbons (Fsp3) is 0.500. The van der Waals surface area contributed by atoms with Gasteiger partial charge in [-0.05, 0) is 25.1 Å². The standard InChI is InChI=1S/C10H15ClN2O/c1-4-9(12-2)7-5-8(11)10(14-3)13-6-7/h5-6,9,12H,4H2,1-3H3. The van der Waals surface area contributed by atoms with Crippen molar-refractivity contribution >= 4 is 11.6 Å². The first-order valence-electron chi connectivity index (χ1n) is 4.59. The molecule has 4 heteroatoms. The van der Waals surface area contributed by atoms with Crippen LogP contribution in [0.5, 0.6) is 5.88 Å². The summed E-state index contributed by atoms with van der Waals surface area (Å²) in [7, 11) is 3.48. The van der Waals surface area contributed by atoms with Crippen LogP contribution < -0.4 is 10.1 Å². The molecular formula is C10H15ClN2O. The molecule has 1 heterocycles. The molecule has 1 N–H and O–H groups in total. The van der Waals surface area contributed by atoms with E-state index in [0.717, 1.165) is 12.0 Å². The van der Waals surface area contributed by atoms with Crippen LogP contribution in [0.2, 0.25) is 5.02 Å². The van der Waals surface area contributed by atoms with Gasteiger partial charge < -0.3 is 10.1 Å². The smallest absolute Gasteiger partial charge is 0.232 e. The van der Waals surface area contributed by atoms with E-state index in [1.54, 1.807) is 13.3 Å². The Morgan fingerprint density at radius 3 is 2.79 bits per heavy atom. The van der Waals surface area contributed by atoms with Crippen molar-refractivity contribution in [3.63, 3.8) is 0 Å². The summed E-state index contributed by atoms with van der Waals surface area (Å²) in [5, 5.41) is 3.75. The summed E-state index contributed by atoms with van der Waals surface area (Å²) < 4.78 is 4.98. The Morgan fingerprint density at radius 2 is 2.36 bits per heavy atom. The van der Waals surface area contributed by atoms with Crippen LogP contribution in [-0.2, 0) is 0 Å². The van der Waals surface area contributed by atoms with Crippen molar-refractivity contribution in [1.29, 1.82) is 0 Å². The lowest BCUT2D eigenvalue weighted by atomic mass is 10.1. The third-order valence-electron chi connectivity index (χ3n) is 2.18. The molecule has 3 nitrogen and oxygen atoms in total. The topological polar surface area (TPSA) is 34.2 Å². The van der Waals surface area contributed by atoms with Gasteiger partial charge in [-0.15, -0.1) is 0 Å². The summed E-state index contributed by atoms with van der Waals surface area (Å²) in [6, 6.07) is 2.18. The van der Waals surface area contributed by atoms with Crippen LogP contribution >= 0.6 is 11.6 Å². The van der Waals surface area contributed by atoms with Gasteiger partial charge in [0.1, 0.15) is 5.02 Å². The van der Waals surface area contributed by atoms with Crippen LogP contribution in [-0.4, -0.2) is 19.1 Å². The Morgan fingerprint density at radius 1 is 1.64 bits per heavy atom. The first-order valence-corrected chi connectivity index (χ1v) is 4.97. The Bertz CT molecular complexity index is 300. The van der Waals surface area contributed by atoms with Crippen molar-refractivity contribution in [2.75, 3.05) is 14.2 Å². The van der Waals surface area contributed by atoms with Gasteiger partial charge in [0.25, 0.3) is 0 Å². The van der Waals surface area contributed by atoms with Crippen LogP contribution in [0.1, 0.15) is 24.9 Å². The lowest BCUT2D eigenvalue weighted by molar-refractivity contribution is 0.397. The first kappa shape index (κ1) is 11.3. The molecule has 1 rings (SSSR count). The molecule has 0 aliphatic carbocycles. The van der Waals surface area contributed by atoms with Gasteiger partial charge in [-0.3, -0.25) is 0 Å². The minimum Gasteiger partial charge on any atom is -0.480 e. The third-order valence-corrected chi connectivity index (χ3v) is 2.45. The molecule has 14 heavy (non-hydrogen) atoms. The second-order valence-corrected chi connectivity index (χ2v) is 3.42. The molecule has 1 atom stereocenters. The van der Waals surface area contributed by atoms with E-state index < -0.39 is 0 Å². The van der Waals surface area contributed by atoms with Crippen molar-refractivity contribution in [2.45, 2.75) is 19.4 Å². The second kappa shape index (κ2) is 5.17. The monoisotopic (exact) mass is 214 g/mol. The maximum absolute atomic E-state index is 5.97. The predicted molar refractivity (Wildman–Crippen MR) is 57.9 cm³/mol. The molecule has 1 aromatic rings. The quantitative estimate of drug-likeness (QED) is 0.836. The summed E-state index contributed by atoms with van der Waals surface area (Å²) in [4.78, 5) is 4.12. The number of ether oxygens (including phenoxy) is 1. The highest BCUT2D eigenvalue weighted by molar-refractivity contribution is 6.31. The molecule has 0 aliphatic rings. The van der Waals surface area contributed by atoms with Crippen molar-refractivity contribution in [3.8, 4) is 5.88 Å². The SMILES string of the molecule is CCC(NC)c1cnc(OC)c(Cl)c1. The van der Waals surface area contributed by atoms with Gasteiger partial charge in [0, 0.05) is 12.2 Å². The minimum absolute atomic E-state index is 0.297. The molecule has 0 saturated carbocycles. The molecule has 0 fully saturated rings. The van der Waals surface area contributed by atoms with Crippen molar-refractivity contribution < 1.29 is 4.74 Å². The number of halogens is 1. The highest BCUT2D eigenvalue weighted by atomic mass is 35.5. The zero-order valence-corrected chi connectivity index (χ0v) is 9.43. The molecule has 1 unspecified atom stereocenters. The van der Waals surface area contributed by atoms with E-state index in [1.165, 1.54) is 0 Å². The van der Waals surface area contributed by atoms with Crippen molar-refractivity contribution in [1.82, 2.24) is 10.3 Å². The van der Waals surface area contributed by atoms with Crippen LogP contribution in [0.15, 0.2) is 12.3 Å². The molecule has 1 aromatic heterocycles. The zero-order valence-electron chi connectivity index (χ0n) is 8.67. The molecular weight excluding hydrogens is 200 g/mol. The van der Waals surface area contributed by atoms with Gasteiger partial charge >= 0.3 is 0 Å². The van der Waals surface area contributed by atoms with E-state index in [9.17, 15) is 0 Å². The normalized spacial score (nSPS) is 12.6. The largest absolute Gasteiger partial charge is 0.480 e. The molecule has 0 amide bonds. The summed E-state index contributed by atoms with van der Waals surface area (Å²) in [5.74, 6) is 0.473. The Kier molecular flexibility index (Phi) is 4.17. The van der Waals surface area contributed by atoms with E-state index in [1.807, 2.05) is 13.1 Å². The van der Waals surface area contributed by atoms with Crippen LogP contribution in [0, 0.1) is 0 Å². The van der Waals surface area contributed by atoms with Gasteiger partial charge in [-0.25, -0.2) is 4.98 Å². The van der Waals surface area contributed by atoms with E-state index in [2.05, 4.69) is 17.2 Å². The Hall–Kier alpha value is -0.800. The van der Waals surface area contributed by atoms with Gasteiger partial charge in [0.15, 0.2) is 0 Å². The lowest BCUT2D eigenvalue weighted by Crippen LogP contribution is -2.15. The number of methoxy groups -OCH3 is 1. The number of nitrogens with one attached hydrogen (secondary N) is 1. The molecule has 78 valence electrons. The van der Waals surface area contributed by atoms with Crippen molar-refractivity contribution in [3.05, 3.63) is 22.8 Å². The molecule has 0 radical (unpaired) electrons. The predicted octanol–water partition coefficient (Wildman–Crippen LogP) is 2.41. The fourth-order valence-electron chi connectivity index (χ4n) is 1.39. The Labute approximate surface area is 89.4 Å². The van der Waals surface area contributed by atoms with Gasteiger partial charge in [0.2, 0.25) is 5.88 Å². The number of hydrogen-bond acceptors (Lipinski definition) is 3. The van der Waals surface area contributed by atoms with Crippen LogP contribution in [0.3, 0.4) is 0 Å². The highest BCUT2D eigenvalue weighted by Gasteiger charge is 2.10. The molecule has 0 aliphatic heterocycles. The first-order chi connectivity index (χ1) is 6.72. The maximum atomic E-state index is 5.97. The van der Waals surface area contributed by atoms with E-state index in [-0.39, 0.29) is 0 Å². The number of hydrogen-bond donors (Lipinski definition) is 1. The number of nitrogens with zero attached hydrogens (tertiary/aromatic N) is 1. The van der Waals surface area contributed by atoms with E-state index in [0.29, 0.717) is 16.9 Å². The zero-order chi connectivity index (χ0) is 10.6. The summed E-state index contributed by atoms with van der Waals surface area (Å²) in [6.07, 6.45) is 2.79. The average molecular weight is 215 g/mol. The lowest BCUT2D eigenvalue weighted by Gasteiger charge is -2.14. The average Bonchev–Trinajstić information content (AvgIpc) is 2.20. The molecule has 0 aromatic carbocycles. The molecule has 0 bridgehead atoms. The maximum Gasteiger partial charge on any atom is 0.232 e. The summed E-state index contributed by atoms with van der Waals surface area (Å²) in [6.45, 7) is 2.11. The Balaban J connectivity index is 2.95. The highest BCUT2D eigenvalue weighted by Crippen LogP contribution is 2.25. The van der Waals surface area contributed by atoms with E-state index in [4.69, 9.17) is 16.3 Å². The minimum atomic E-state index is 0.297. The number of pyridine rings is 1. The molecule has 0 saturated heterocycles.